The van der Waals surface area contributed by atoms with E-state index in [-0.39, 0.29) is 10.8 Å². The van der Waals surface area contributed by atoms with Gasteiger partial charge in [0.05, 0.1) is 5.92 Å². The minimum atomic E-state index is -0.878. The number of hydrogen-bond acceptors (Lipinski definition) is 3. The molecule has 0 heterocycles. The molecular formula is C15H27NO4. The van der Waals surface area contributed by atoms with Crippen LogP contribution in [-0.4, -0.2) is 21.5 Å². The van der Waals surface area contributed by atoms with E-state index in [9.17, 15) is 20.0 Å². The molecule has 1 aliphatic carbocycles. The number of nitro groups is 1. The van der Waals surface area contributed by atoms with Gasteiger partial charge in [-0.1, -0.05) is 32.1 Å². The Morgan fingerprint density at radius 2 is 1.55 bits per heavy atom. The van der Waals surface area contributed by atoms with Crippen LogP contribution in [0.2, 0.25) is 0 Å². The van der Waals surface area contributed by atoms with Gasteiger partial charge in [-0.15, -0.1) is 0 Å². The molecule has 116 valence electrons. The van der Waals surface area contributed by atoms with Crippen molar-refractivity contribution >= 4 is 5.97 Å². The lowest BCUT2D eigenvalue weighted by molar-refractivity contribution is -0.568. The molecule has 0 aromatic heterocycles. The van der Waals surface area contributed by atoms with Gasteiger partial charge in [0.15, 0.2) is 0 Å². The fraction of sp³-hybridized carbons (Fsp3) is 0.933. The Bertz CT molecular complexity index is 332. The van der Waals surface area contributed by atoms with E-state index in [0.29, 0.717) is 32.1 Å². The molecule has 1 N–H and O–H groups in total. The van der Waals surface area contributed by atoms with E-state index < -0.39 is 11.5 Å². The molecule has 1 saturated carbocycles. The van der Waals surface area contributed by atoms with Crippen molar-refractivity contribution in [3.05, 3.63) is 10.1 Å². The molecule has 5 heteroatoms. The second kappa shape index (κ2) is 8.22. The van der Waals surface area contributed by atoms with Gasteiger partial charge in [-0.25, -0.2) is 0 Å². The van der Waals surface area contributed by atoms with Gasteiger partial charge in [0.25, 0.3) is 0 Å². The first-order valence-corrected chi connectivity index (χ1v) is 7.83. The normalized spacial score (nSPS) is 30.6. The largest absolute Gasteiger partial charge is 0.481 e. The van der Waals surface area contributed by atoms with Crippen LogP contribution in [-0.2, 0) is 4.79 Å². The van der Waals surface area contributed by atoms with Gasteiger partial charge in [0.1, 0.15) is 0 Å². The highest BCUT2D eigenvalue weighted by Gasteiger charge is 2.36. The number of carboxylic acids is 1. The van der Waals surface area contributed by atoms with Crippen LogP contribution >= 0.6 is 0 Å². The molecule has 0 spiro atoms. The van der Waals surface area contributed by atoms with Gasteiger partial charge in [-0.3, -0.25) is 14.9 Å². The summed E-state index contributed by atoms with van der Waals surface area (Å²) >= 11 is 0. The molecule has 5 nitrogen and oxygen atoms in total. The molecule has 0 aromatic rings. The van der Waals surface area contributed by atoms with Crippen LogP contribution in [0.1, 0.15) is 77.6 Å². The zero-order chi connectivity index (χ0) is 15.0. The number of nitrogens with zero attached hydrogens (tertiary/aromatic N) is 1. The lowest BCUT2D eigenvalue weighted by atomic mass is 9.87. The summed E-state index contributed by atoms with van der Waals surface area (Å²) in [6.45, 7) is 1.71. The Kier molecular flexibility index (Phi) is 6.96. The van der Waals surface area contributed by atoms with Crippen molar-refractivity contribution in [2.24, 2.45) is 5.92 Å². The summed E-state index contributed by atoms with van der Waals surface area (Å²) in [6, 6.07) is 0. The lowest BCUT2D eigenvalue weighted by Crippen LogP contribution is -2.35. The summed E-state index contributed by atoms with van der Waals surface area (Å²) in [5.74, 6) is -1.07. The van der Waals surface area contributed by atoms with E-state index in [1.54, 1.807) is 6.92 Å². The average Bonchev–Trinajstić information content (AvgIpc) is 2.40. The van der Waals surface area contributed by atoms with Crippen molar-refractivity contribution in [3.63, 3.8) is 0 Å². The minimum absolute atomic E-state index is 0.164. The van der Waals surface area contributed by atoms with Crippen LogP contribution in [0.15, 0.2) is 0 Å². The number of carbonyl (C=O) groups is 1. The molecule has 0 aromatic carbocycles. The molecular weight excluding hydrogens is 258 g/mol. The molecule has 1 fully saturated rings. The van der Waals surface area contributed by atoms with Gasteiger partial charge >= 0.3 is 5.97 Å². The van der Waals surface area contributed by atoms with Crippen LogP contribution in [0.3, 0.4) is 0 Å². The second-order valence-corrected chi connectivity index (χ2v) is 6.34. The topological polar surface area (TPSA) is 80.4 Å². The monoisotopic (exact) mass is 285 g/mol. The maximum Gasteiger partial charge on any atom is 0.306 e. The van der Waals surface area contributed by atoms with Gasteiger partial charge in [0, 0.05) is 24.7 Å². The predicted molar refractivity (Wildman–Crippen MR) is 77.3 cm³/mol. The molecule has 0 radical (unpaired) electrons. The van der Waals surface area contributed by atoms with E-state index in [1.807, 2.05) is 0 Å². The SMILES string of the molecule is CC1([N+](=O)[O-])CCCCCCCCC(C(=O)O)CCC1. The van der Waals surface area contributed by atoms with Crippen molar-refractivity contribution in [1.82, 2.24) is 0 Å². The maximum atomic E-state index is 11.3. The summed E-state index contributed by atoms with van der Waals surface area (Å²) < 4.78 is 0. The molecule has 2 atom stereocenters. The van der Waals surface area contributed by atoms with Gasteiger partial charge < -0.3 is 5.11 Å². The van der Waals surface area contributed by atoms with Crippen LogP contribution in [0, 0.1) is 16.0 Å². The zero-order valence-corrected chi connectivity index (χ0v) is 12.5. The van der Waals surface area contributed by atoms with Crippen molar-refractivity contribution < 1.29 is 14.8 Å². The van der Waals surface area contributed by atoms with E-state index in [1.165, 1.54) is 0 Å². The summed E-state index contributed by atoms with van der Waals surface area (Å²) in [7, 11) is 0. The van der Waals surface area contributed by atoms with E-state index in [2.05, 4.69) is 0 Å². The van der Waals surface area contributed by atoms with Crippen molar-refractivity contribution in [2.75, 3.05) is 0 Å². The first-order chi connectivity index (χ1) is 9.46. The van der Waals surface area contributed by atoms with Gasteiger partial charge in [-0.2, -0.15) is 0 Å². The Morgan fingerprint density at radius 1 is 1.05 bits per heavy atom. The van der Waals surface area contributed by atoms with E-state index >= 15 is 0 Å². The number of carboxylic acid groups (broad SMARTS) is 1. The molecule has 1 rings (SSSR count). The fourth-order valence-corrected chi connectivity index (χ4v) is 3.03. The number of rotatable bonds is 2. The molecule has 0 bridgehead atoms. The minimum Gasteiger partial charge on any atom is -0.481 e. The Hall–Kier alpha value is -1.13. The van der Waals surface area contributed by atoms with Crippen molar-refractivity contribution in [1.29, 1.82) is 0 Å². The van der Waals surface area contributed by atoms with Gasteiger partial charge in [0.2, 0.25) is 5.54 Å². The lowest BCUT2D eigenvalue weighted by Gasteiger charge is -2.21. The number of aliphatic carboxylic acids is 1. The van der Waals surface area contributed by atoms with E-state index in [0.717, 1.165) is 38.5 Å². The standard InChI is InChI=1S/C15H27NO4/c1-15(16(19)20)11-7-5-3-2-4-6-9-13(14(17)18)10-8-12-15/h13H,2-12H2,1H3,(H,17,18). The Morgan fingerprint density at radius 3 is 2.15 bits per heavy atom. The van der Waals surface area contributed by atoms with Crippen LogP contribution in [0.4, 0.5) is 0 Å². The fourth-order valence-electron chi connectivity index (χ4n) is 3.03. The molecule has 0 saturated heterocycles. The summed E-state index contributed by atoms with van der Waals surface area (Å²) in [4.78, 5) is 22.3. The quantitative estimate of drug-likeness (QED) is 0.613. The van der Waals surface area contributed by atoms with Gasteiger partial charge in [-0.05, 0) is 25.7 Å². The molecule has 0 amide bonds. The third-order valence-corrected chi connectivity index (χ3v) is 4.58. The van der Waals surface area contributed by atoms with Crippen LogP contribution in [0.25, 0.3) is 0 Å². The third-order valence-electron chi connectivity index (χ3n) is 4.58. The zero-order valence-electron chi connectivity index (χ0n) is 12.5. The Balaban J connectivity index is 2.64. The summed E-state index contributed by atoms with van der Waals surface area (Å²) in [6.07, 6.45) is 9.22. The molecule has 1 aliphatic rings. The first kappa shape index (κ1) is 16.9. The van der Waals surface area contributed by atoms with Crippen molar-refractivity contribution in [3.8, 4) is 0 Å². The highest BCUT2D eigenvalue weighted by molar-refractivity contribution is 5.69. The number of hydrogen-bond donors (Lipinski definition) is 1. The first-order valence-electron chi connectivity index (χ1n) is 7.83. The van der Waals surface area contributed by atoms with E-state index in [4.69, 9.17) is 0 Å². The highest BCUT2D eigenvalue weighted by atomic mass is 16.6. The van der Waals surface area contributed by atoms with Crippen LogP contribution in [0.5, 0.6) is 0 Å². The van der Waals surface area contributed by atoms with Crippen LogP contribution < -0.4 is 0 Å². The maximum absolute atomic E-state index is 11.3. The third kappa shape index (κ3) is 5.47. The average molecular weight is 285 g/mol. The molecule has 0 aliphatic heterocycles. The Labute approximate surface area is 120 Å². The molecule has 2 unspecified atom stereocenters. The van der Waals surface area contributed by atoms with Crippen molar-refractivity contribution in [2.45, 2.75) is 83.1 Å². The smallest absolute Gasteiger partial charge is 0.306 e. The highest BCUT2D eigenvalue weighted by Crippen LogP contribution is 2.28. The summed E-state index contributed by atoms with van der Waals surface area (Å²) in [5.41, 5.74) is -0.878. The molecule has 20 heavy (non-hydrogen) atoms. The second-order valence-electron chi connectivity index (χ2n) is 6.34. The predicted octanol–water partition coefficient (Wildman–Crippen LogP) is 4.03. The summed E-state index contributed by atoms with van der Waals surface area (Å²) in [5, 5.41) is 20.5.